The standard InChI is InChI=1S/C14H11Cl2NO3/c1-20-12-5-3-9(7-13(18)19)17-14(12)10-6-8(15)2-4-11(10)16/h2-6H,7H2,1H3,(H,18,19). The highest BCUT2D eigenvalue weighted by Crippen LogP contribution is 2.35. The van der Waals surface area contributed by atoms with Gasteiger partial charge in [0.25, 0.3) is 0 Å². The van der Waals surface area contributed by atoms with Crippen molar-refractivity contribution in [2.75, 3.05) is 7.11 Å². The molecule has 0 radical (unpaired) electrons. The molecule has 0 saturated carbocycles. The smallest absolute Gasteiger partial charge is 0.309 e. The zero-order valence-electron chi connectivity index (χ0n) is 10.6. The van der Waals surface area contributed by atoms with Crippen LogP contribution in [0, 0.1) is 0 Å². The summed E-state index contributed by atoms with van der Waals surface area (Å²) in [7, 11) is 1.51. The van der Waals surface area contributed by atoms with E-state index in [0.717, 1.165) is 0 Å². The molecule has 0 fully saturated rings. The molecule has 0 spiro atoms. The summed E-state index contributed by atoms with van der Waals surface area (Å²) in [5, 5.41) is 9.81. The number of carboxylic acids is 1. The van der Waals surface area contributed by atoms with Crippen molar-refractivity contribution in [1.29, 1.82) is 0 Å². The maximum absolute atomic E-state index is 10.8. The van der Waals surface area contributed by atoms with Crippen LogP contribution in [0.25, 0.3) is 11.3 Å². The summed E-state index contributed by atoms with van der Waals surface area (Å²) in [6.45, 7) is 0. The molecule has 20 heavy (non-hydrogen) atoms. The molecule has 0 aliphatic heterocycles. The van der Waals surface area contributed by atoms with Crippen LogP contribution in [0.3, 0.4) is 0 Å². The lowest BCUT2D eigenvalue weighted by Gasteiger charge is -2.11. The molecule has 0 bridgehead atoms. The van der Waals surface area contributed by atoms with Crippen LogP contribution in [0.5, 0.6) is 5.75 Å². The maximum Gasteiger partial charge on any atom is 0.309 e. The van der Waals surface area contributed by atoms with E-state index in [1.165, 1.54) is 7.11 Å². The Morgan fingerprint density at radius 3 is 2.70 bits per heavy atom. The van der Waals surface area contributed by atoms with Crippen LogP contribution in [0.1, 0.15) is 5.69 Å². The van der Waals surface area contributed by atoms with E-state index in [1.54, 1.807) is 30.3 Å². The van der Waals surface area contributed by atoms with Crippen molar-refractivity contribution in [1.82, 2.24) is 4.98 Å². The van der Waals surface area contributed by atoms with E-state index in [0.29, 0.717) is 32.7 Å². The monoisotopic (exact) mass is 311 g/mol. The van der Waals surface area contributed by atoms with Crippen LogP contribution in [-0.4, -0.2) is 23.2 Å². The first-order chi connectivity index (χ1) is 9.51. The summed E-state index contributed by atoms with van der Waals surface area (Å²) in [4.78, 5) is 15.1. The highest BCUT2D eigenvalue weighted by atomic mass is 35.5. The lowest BCUT2D eigenvalue weighted by Crippen LogP contribution is -2.04. The van der Waals surface area contributed by atoms with Crippen LogP contribution in [-0.2, 0) is 11.2 Å². The molecule has 4 nitrogen and oxygen atoms in total. The number of carboxylic acid groups (broad SMARTS) is 1. The van der Waals surface area contributed by atoms with E-state index in [-0.39, 0.29) is 6.42 Å². The number of pyridine rings is 1. The van der Waals surface area contributed by atoms with Crippen LogP contribution in [0.15, 0.2) is 30.3 Å². The molecule has 1 aromatic heterocycles. The topological polar surface area (TPSA) is 59.4 Å². The Kier molecular flexibility index (Phi) is 4.47. The first-order valence-electron chi connectivity index (χ1n) is 5.72. The molecule has 104 valence electrons. The van der Waals surface area contributed by atoms with Gasteiger partial charge in [0.05, 0.1) is 24.2 Å². The number of aromatic nitrogens is 1. The highest BCUT2D eigenvalue weighted by Gasteiger charge is 2.14. The van der Waals surface area contributed by atoms with Crippen molar-refractivity contribution in [2.45, 2.75) is 6.42 Å². The van der Waals surface area contributed by atoms with Gasteiger partial charge in [-0.25, -0.2) is 4.98 Å². The van der Waals surface area contributed by atoms with Gasteiger partial charge in [-0.15, -0.1) is 0 Å². The molecule has 0 amide bonds. The third-order valence-corrected chi connectivity index (χ3v) is 3.22. The fourth-order valence-electron chi connectivity index (χ4n) is 1.78. The number of carbonyl (C=O) groups is 1. The minimum atomic E-state index is -0.953. The number of hydrogen-bond donors (Lipinski definition) is 1. The Hall–Kier alpha value is -1.78. The molecule has 1 N–H and O–H groups in total. The predicted octanol–water partition coefficient (Wildman–Crippen LogP) is 3.69. The normalized spacial score (nSPS) is 10.3. The lowest BCUT2D eigenvalue weighted by molar-refractivity contribution is -0.136. The van der Waals surface area contributed by atoms with Crippen LogP contribution >= 0.6 is 23.2 Å². The number of benzene rings is 1. The zero-order valence-corrected chi connectivity index (χ0v) is 12.1. The summed E-state index contributed by atoms with van der Waals surface area (Å²) in [5.74, 6) is -0.450. The van der Waals surface area contributed by atoms with Crippen molar-refractivity contribution < 1.29 is 14.6 Å². The van der Waals surface area contributed by atoms with Gasteiger partial charge < -0.3 is 9.84 Å². The summed E-state index contributed by atoms with van der Waals surface area (Å²) in [6, 6.07) is 8.26. The minimum Gasteiger partial charge on any atom is -0.494 e. The van der Waals surface area contributed by atoms with E-state index >= 15 is 0 Å². The van der Waals surface area contributed by atoms with Gasteiger partial charge in [-0.05, 0) is 30.3 Å². The second kappa shape index (κ2) is 6.11. The molecule has 2 rings (SSSR count). The van der Waals surface area contributed by atoms with Crippen LogP contribution < -0.4 is 4.74 Å². The Morgan fingerprint density at radius 1 is 1.30 bits per heavy atom. The van der Waals surface area contributed by atoms with Gasteiger partial charge in [0.15, 0.2) is 0 Å². The number of halogens is 2. The fraction of sp³-hybridized carbons (Fsp3) is 0.143. The molecule has 0 unspecified atom stereocenters. The van der Waals surface area contributed by atoms with E-state index in [1.807, 2.05) is 0 Å². The summed E-state index contributed by atoms with van der Waals surface area (Å²) in [6.07, 6.45) is -0.171. The maximum atomic E-state index is 10.8. The van der Waals surface area contributed by atoms with Gasteiger partial charge in [0, 0.05) is 10.6 Å². The third kappa shape index (κ3) is 3.21. The molecule has 2 aromatic rings. The minimum absolute atomic E-state index is 0.171. The molecule has 0 saturated heterocycles. The number of aliphatic carboxylic acids is 1. The van der Waals surface area contributed by atoms with Gasteiger partial charge in [-0.1, -0.05) is 23.2 Å². The average Bonchev–Trinajstić information content (AvgIpc) is 2.41. The van der Waals surface area contributed by atoms with Crippen molar-refractivity contribution in [3.05, 3.63) is 46.1 Å². The van der Waals surface area contributed by atoms with Gasteiger partial charge in [-0.2, -0.15) is 0 Å². The number of ether oxygens (including phenoxy) is 1. The van der Waals surface area contributed by atoms with Gasteiger partial charge >= 0.3 is 5.97 Å². The van der Waals surface area contributed by atoms with Crippen molar-refractivity contribution in [3.63, 3.8) is 0 Å². The number of rotatable bonds is 4. The van der Waals surface area contributed by atoms with Crippen molar-refractivity contribution in [3.8, 4) is 17.0 Å². The number of nitrogens with zero attached hydrogens (tertiary/aromatic N) is 1. The molecule has 1 aromatic carbocycles. The molecule has 0 atom stereocenters. The van der Waals surface area contributed by atoms with Crippen molar-refractivity contribution >= 4 is 29.2 Å². The quantitative estimate of drug-likeness (QED) is 0.935. The Labute approximate surface area is 125 Å². The first kappa shape index (κ1) is 14.6. The Morgan fingerprint density at radius 2 is 2.05 bits per heavy atom. The van der Waals surface area contributed by atoms with E-state index < -0.39 is 5.97 Å². The summed E-state index contributed by atoms with van der Waals surface area (Å²) >= 11 is 12.1. The van der Waals surface area contributed by atoms with Crippen LogP contribution in [0.2, 0.25) is 10.0 Å². The predicted molar refractivity (Wildman–Crippen MR) is 77.6 cm³/mol. The van der Waals surface area contributed by atoms with E-state index in [9.17, 15) is 4.79 Å². The van der Waals surface area contributed by atoms with Crippen molar-refractivity contribution in [2.24, 2.45) is 0 Å². The van der Waals surface area contributed by atoms with Gasteiger partial charge in [0.1, 0.15) is 11.4 Å². The third-order valence-electron chi connectivity index (χ3n) is 2.65. The highest BCUT2D eigenvalue weighted by molar-refractivity contribution is 6.35. The summed E-state index contributed by atoms with van der Waals surface area (Å²) in [5.41, 5.74) is 1.49. The second-order valence-corrected chi connectivity index (χ2v) is 4.89. The van der Waals surface area contributed by atoms with Gasteiger partial charge in [-0.3, -0.25) is 4.79 Å². The SMILES string of the molecule is COc1ccc(CC(=O)O)nc1-c1cc(Cl)ccc1Cl. The molecule has 0 aliphatic carbocycles. The van der Waals surface area contributed by atoms with E-state index in [2.05, 4.69) is 4.98 Å². The van der Waals surface area contributed by atoms with Gasteiger partial charge in [0.2, 0.25) is 0 Å². The number of hydrogen-bond acceptors (Lipinski definition) is 3. The lowest BCUT2D eigenvalue weighted by atomic mass is 10.1. The Bertz CT molecular complexity index is 659. The summed E-state index contributed by atoms with van der Waals surface area (Å²) < 4.78 is 5.24. The number of methoxy groups -OCH3 is 1. The molecular formula is C14H11Cl2NO3. The fourth-order valence-corrected chi connectivity index (χ4v) is 2.16. The largest absolute Gasteiger partial charge is 0.494 e. The van der Waals surface area contributed by atoms with E-state index in [4.69, 9.17) is 33.0 Å². The average molecular weight is 312 g/mol. The molecule has 1 heterocycles. The second-order valence-electron chi connectivity index (χ2n) is 4.05. The van der Waals surface area contributed by atoms with Crippen LogP contribution in [0.4, 0.5) is 0 Å². The molecule has 6 heteroatoms. The first-order valence-corrected chi connectivity index (χ1v) is 6.48. The Balaban J connectivity index is 2.57. The zero-order chi connectivity index (χ0) is 14.7. The molecular weight excluding hydrogens is 301 g/mol. The molecule has 0 aliphatic rings.